The van der Waals surface area contributed by atoms with E-state index in [0.29, 0.717) is 22.2 Å². The van der Waals surface area contributed by atoms with Gasteiger partial charge in [0.2, 0.25) is 0 Å². The summed E-state index contributed by atoms with van der Waals surface area (Å²) < 4.78 is 5.96. The van der Waals surface area contributed by atoms with Crippen molar-refractivity contribution in [2.75, 3.05) is 18.1 Å². The van der Waals surface area contributed by atoms with E-state index in [4.69, 9.17) is 27.9 Å². The number of benzene rings is 1. The van der Waals surface area contributed by atoms with E-state index in [9.17, 15) is 4.79 Å². The Balaban J connectivity index is 1.81. The lowest BCUT2D eigenvalue weighted by atomic mass is 9.81. The third-order valence-corrected chi connectivity index (χ3v) is 6.19. The Morgan fingerprint density at radius 3 is 3.00 bits per heavy atom. The minimum Gasteiger partial charge on any atom is -0.374 e. The highest BCUT2D eigenvalue weighted by Gasteiger charge is 2.42. The Kier molecular flexibility index (Phi) is 4.32. The number of hydrogen-bond donors (Lipinski definition) is 0. The predicted molar refractivity (Wildman–Crippen MR) is 84.1 cm³/mol. The standard InChI is InChI=1S/C15H16Cl2O2S/c16-12-3-1-2-11(13(12)17)14(18)10-4-6-19-15(8-10)5-7-20-9-15/h1-3,10H,4-9H2. The van der Waals surface area contributed by atoms with Crippen molar-refractivity contribution < 1.29 is 9.53 Å². The van der Waals surface area contributed by atoms with Gasteiger partial charge in [-0.25, -0.2) is 0 Å². The largest absolute Gasteiger partial charge is 0.374 e. The van der Waals surface area contributed by atoms with E-state index in [1.165, 1.54) is 0 Å². The Morgan fingerprint density at radius 2 is 2.25 bits per heavy atom. The molecule has 108 valence electrons. The van der Waals surface area contributed by atoms with Gasteiger partial charge in [-0.15, -0.1) is 0 Å². The first-order valence-corrected chi connectivity index (χ1v) is 8.72. The summed E-state index contributed by atoms with van der Waals surface area (Å²) in [6, 6.07) is 5.25. The number of halogens is 2. The van der Waals surface area contributed by atoms with Gasteiger partial charge in [-0.05, 0) is 37.1 Å². The number of hydrogen-bond acceptors (Lipinski definition) is 3. The van der Waals surface area contributed by atoms with Crippen LogP contribution in [0, 0.1) is 5.92 Å². The monoisotopic (exact) mass is 330 g/mol. The molecule has 3 rings (SSSR count). The van der Waals surface area contributed by atoms with Crippen molar-refractivity contribution in [2.45, 2.75) is 24.9 Å². The zero-order chi connectivity index (χ0) is 14.2. The van der Waals surface area contributed by atoms with Gasteiger partial charge in [0.1, 0.15) is 0 Å². The van der Waals surface area contributed by atoms with Gasteiger partial charge in [-0.3, -0.25) is 4.79 Å². The summed E-state index contributed by atoms with van der Waals surface area (Å²) in [7, 11) is 0. The first-order valence-electron chi connectivity index (χ1n) is 6.81. The zero-order valence-electron chi connectivity index (χ0n) is 11.0. The Bertz CT molecular complexity index is 527. The van der Waals surface area contributed by atoms with Crippen molar-refractivity contribution in [1.82, 2.24) is 0 Å². The molecule has 2 unspecified atom stereocenters. The molecule has 0 bridgehead atoms. The molecular formula is C15H16Cl2O2S. The Labute approximate surface area is 133 Å². The summed E-state index contributed by atoms with van der Waals surface area (Å²) in [6.07, 6.45) is 2.63. The average molecular weight is 331 g/mol. The molecule has 5 heteroatoms. The Hall–Kier alpha value is -0.220. The van der Waals surface area contributed by atoms with Crippen LogP contribution in [0.2, 0.25) is 10.0 Å². The van der Waals surface area contributed by atoms with E-state index in [0.717, 1.165) is 30.8 Å². The smallest absolute Gasteiger partial charge is 0.167 e. The van der Waals surface area contributed by atoms with E-state index < -0.39 is 0 Å². The second kappa shape index (κ2) is 5.88. The van der Waals surface area contributed by atoms with Gasteiger partial charge in [-0.1, -0.05) is 29.3 Å². The fraction of sp³-hybridized carbons (Fsp3) is 0.533. The highest BCUT2D eigenvalue weighted by atomic mass is 35.5. The number of carbonyl (C=O) groups excluding carboxylic acids is 1. The summed E-state index contributed by atoms with van der Waals surface area (Å²) in [5.41, 5.74) is 0.459. The average Bonchev–Trinajstić information content (AvgIpc) is 2.89. The molecule has 2 fully saturated rings. The second-order valence-electron chi connectivity index (χ2n) is 5.49. The molecule has 0 radical (unpaired) electrons. The van der Waals surface area contributed by atoms with E-state index in [-0.39, 0.29) is 17.3 Å². The summed E-state index contributed by atoms with van der Waals surface area (Å²) in [5, 5.41) is 0.816. The maximum absolute atomic E-state index is 12.7. The minimum absolute atomic E-state index is 0.00147. The molecule has 0 amide bonds. The van der Waals surface area contributed by atoms with Crippen molar-refractivity contribution >= 4 is 40.7 Å². The van der Waals surface area contributed by atoms with Crippen LogP contribution in [-0.4, -0.2) is 29.5 Å². The van der Waals surface area contributed by atoms with Crippen LogP contribution in [0.15, 0.2) is 18.2 Å². The molecule has 20 heavy (non-hydrogen) atoms. The third-order valence-electron chi connectivity index (χ3n) is 4.15. The summed E-state index contributed by atoms with van der Waals surface area (Å²) in [4.78, 5) is 12.7. The van der Waals surface area contributed by atoms with Crippen LogP contribution in [-0.2, 0) is 4.74 Å². The highest BCUT2D eigenvalue weighted by Crippen LogP contribution is 2.42. The summed E-state index contributed by atoms with van der Waals surface area (Å²) >= 11 is 14.1. The van der Waals surface area contributed by atoms with Crippen LogP contribution in [0.5, 0.6) is 0 Å². The molecule has 0 aliphatic carbocycles. The van der Waals surface area contributed by atoms with Crippen LogP contribution in [0.3, 0.4) is 0 Å². The van der Waals surface area contributed by atoms with Crippen LogP contribution >= 0.6 is 35.0 Å². The molecule has 2 atom stereocenters. The first-order chi connectivity index (χ1) is 9.61. The topological polar surface area (TPSA) is 26.3 Å². The lowest BCUT2D eigenvalue weighted by molar-refractivity contribution is -0.0734. The van der Waals surface area contributed by atoms with E-state index >= 15 is 0 Å². The zero-order valence-corrected chi connectivity index (χ0v) is 13.4. The van der Waals surface area contributed by atoms with Crippen LogP contribution in [0.25, 0.3) is 0 Å². The van der Waals surface area contributed by atoms with E-state index in [2.05, 4.69) is 0 Å². The lowest BCUT2D eigenvalue weighted by Gasteiger charge is -2.37. The van der Waals surface area contributed by atoms with Crippen LogP contribution < -0.4 is 0 Å². The van der Waals surface area contributed by atoms with Crippen LogP contribution in [0.4, 0.5) is 0 Å². The normalized spacial score (nSPS) is 29.8. The fourth-order valence-electron chi connectivity index (χ4n) is 3.03. The predicted octanol–water partition coefficient (Wildman–Crippen LogP) is 4.48. The quantitative estimate of drug-likeness (QED) is 0.748. The number of ether oxygens (including phenoxy) is 1. The maximum atomic E-state index is 12.7. The molecule has 0 N–H and O–H groups in total. The summed E-state index contributed by atoms with van der Waals surface area (Å²) in [6.45, 7) is 0.662. The van der Waals surface area contributed by atoms with Crippen molar-refractivity contribution in [1.29, 1.82) is 0 Å². The molecular weight excluding hydrogens is 315 g/mol. The summed E-state index contributed by atoms with van der Waals surface area (Å²) in [5.74, 6) is 2.23. The minimum atomic E-state index is -0.0890. The molecule has 0 aromatic heterocycles. The number of ketones is 1. The third kappa shape index (κ3) is 2.74. The van der Waals surface area contributed by atoms with Gasteiger partial charge in [0.15, 0.2) is 5.78 Å². The molecule has 0 saturated carbocycles. The number of Topliss-reactive ketones (excluding diaryl/α,β-unsaturated/α-hetero) is 1. The molecule has 2 saturated heterocycles. The SMILES string of the molecule is O=C(c1cccc(Cl)c1Cl)C1CCOC2(CCSC2)C1. The number of rotatable bonds is 2. The highest BCUT2D eigenvalue weighted by molar-refractivity contribution is 7.99. The molecule has 2 nitrogen and oxygen atoms in total. The second-order valence-corrected chi connectivity index (χ2v) is 7.38. The Morgan fingerprint density at radius 1 is 1.40 bits per heavy atom. The number of thioether (sulfide) groups is 1. The van der Waals surface area contributed by atoms with Crippen molar-refractivity contribution in [3.8, 4) is 0 Å². The molecule has 1 aromatic rings. The van der Waals surface area contributed by atoms with Crippen molar-refractivity contribution in [3.63, 3.8) is 0 Å². The lowest BCUT2D eigenvalue weighted by Crippen LogP contribution is -2.42. The molecule has 2 heterocycles. The molecule has 1 spiro atoms. The molecule has 1 aromatic carbocycles. The molecule has 2 aliphatic heterocycles. The van der Waals surface area contributed by atoms with E-state index in [1.807, 2.05) is 11.8 Å². The van der Waals surface area contributed by atoms with Crippen molar-refractivity contribution in [3.05, 3.63) is 33.8 Å². The van der Waals surface area contributed by atoms with Gasteiger partial charge >= 0.3 is 0 Å². The maximum Gasteiger partial charge on any atom is 0.167 e. The van der Waals surface area contributed by atoms with E-state index in [1.54, 1.807) is 18.2 Å². The fourth-order valence-corrected chi connectivity index (χ4v) is 4.80. The van der Waals surface area contributed by atoms with Crippen molar-refractivity contribution in [2.24, 2.45) is 5.92 Å². The first kappa shape index (κ1) is 14.7. The molecule has 2 aliphatic rings. The van der Waals surface area contributed by atoms with Gasteiger partial charge < -0.3 is 4.74 Å². The number of carbonyl (C=O) groups is 1. The van der Waals surface area contributed by atoms with Gasteiger partial charge in [0.05, 0.1) is 15.6 Å². The van der Waals surface area contributed by atoms with Gasteiger partial charge in [-0.2, -0.15) is 11.8 Å². The van der Waals surface area contributed by atoms with Crippen LogP contribution in [0.1, 0.15) is 29.6 Å². The van der Waals surface area contributed by atoms with Gasteiger partial charge in [0.25, 0.3) is 0 Å². The van der Waals surface area contributed by atoms with Gasteiger partial charge in [0, 0.05) is 23.8 Å².